The predicted molar refractivity (Wildman–Crippen MR) is 109 cm³/mol. The number of amides is 2. The van der Waals surface area contributed by atoms with E-state index in [4.69, 9.17) is 11.6 Å². The van der Waals surface area contributed by atoms with Crippen molar-refractivity contribution >= 4 is 46.1 Å². The van der Waals surface area contributed by atoms with Crippen molar-refractivity contribution in [1.82, 2.24) is 15.6 Å². The summed E-state index contributed by atoms with van der Waals surface area (Å²) in [5, 5.41) is 34.1. The summed E-state index contributed by atoms with van der Waals surface area (Å²) in [5.41, 5.74) is 3.04. The molecule has 0 saturated carbocycles. The van der Waals surface area contributed by atoms with Gasteiger partial charge in [0.15, 0.2) is 0 Å². The lowest BCUT2D eigenvalue weighted by molar-refractivity contribution is -0.120. The molecule has 0 unspecified atom stereocenters. The molecule has 0 aliphatic heterocycles. The standard InChI is InChI=1S/C18H14ClN5O4S/c19-12-4-1-10(2-5-12)17(28)21-18-24-23-16(29-18)8-15(27)22-20-9-11-3-6-13(25)7-14(11)26/h1-7,9,25-26H,8H2,(H,22,27)(H,21,24,28)/b20-9-. The lowest BCUT2D eigenvalue weighted by Gasteiger charge is -2.00. The van der Waals surface area contributed by atoms with Gasteiger partial charge >= 0.3 is 0 Å². The van der Waals surface area contributed by atoms with Crippen LogP contribution in [0.5, 0.6) is 11.5 Å². The highest BCUT2D eigenvalue weighted by atomic mass is 35.5. The number of benzene rings is 2. The van der Waals surface area contributed by atoms with Crippen LogP contribution in [0.4, 0.5) is 5.13 Å². The van der Waals surface area contributed by atoms with Gasteiger partial charge in [-0.25, -0.2) is 5.43 Å². The van der Waals surface area contributed by atoms with Crippen LogP contribution in [0, 0.1) is 0 Å². The maximum absolute atomic E-state index is 12.1. The Balaban J connectivity index is 1.52. The van der Waals surface area contributed by atoms with E-state index in [0.717, 1.165) is 17.4 Å². The number of nitrogens with one attached hydrogen (secondary N) is 2. The fourth-order valence-electron chi connectivity index (χ4n) is 2.14. The fraction of sp³-hybridized carbons (Fsp3) is 0.0556. The fourth-order valence-corrected chi connectivity index (χ4v) is 3.00. The average molecular weight is 432 g/mol. The Bertz CT molecular complexity index is 1070. The van der Waals surface area contributed by atoms with E-state index in [1.807, 2.05) is 0 Å². The third kappa shape index (κ3) is 5.74. The lowest BCUT2D eigenvalue weighted by Crippen LogP contribution is -2.19. The molecular formula is C18H14ClN5O4S. The van der Waals surface area contributed by atoms with Gasteiger partial charge in [-0.2, -0.15) is 5.10 Å². The van der Waals surface area contributed by atoms with Gasteiger partial charge < -0.3 is 10.2 Å². The van der Waals surface area contributed by atoms with Gasteiger partial charge in [-0.1, -0.05) is 22.9 Å². The molecule has 29 heavy (non-hydrogen) atoms. The Morgan fingerprint density at radius 1 is 1.14 bits per heavy atom. The Kier molecular flexibility index (Phi) is 6.37. The molecule has 2 aromatic carbocycles. The van der Waals surface area contributed by atoms with Crippen LogP contribution >= 0.6 is 22.9 Å². The molecule has 4 N–H and O–H groups in total. The van der Waals surface area contributed by atoms with Crippen LogP contribution < -0.4 is 10.7 Å². The van der Waals surface area contributed by atoms with Crippen molar-refractivity contribution < 1.29 is 19.8 Å². The second-order valence-corrected chi connectivity index (χ2v) is 7.17. The van der Waals surface area contributed by atoms with E-state index in [2.05, 4.69) is 26.0 Å². The number of hydrogen-bond acceptors (Lipinski definition) is 8. The summed E-state index contributed by atoms with van der Waals surface area (Å²) in [6, 6.07) is 10.3. The van der Waals surface area contributed by atoms with Crippen molar-refractivity contribution in [2.24, 2.45) is 5.10 Å². The van der Waals surface area contributed by atoms with Crippen molar-refractivity contribution in [3.8, 4) is 11.5 Å². The van der Waals surface area contributed by atoms with Gasteiger partial charge in [-0.3, -0.25) is 14.9 Å². The summed E-state index contributed by atoms with van der Waals surface area (Å²) in [5.74, 6) is -1.08. The number of aromatic hydroxyl groups is 2. The van der Waals surface area contributed by atoms with Crippen molar-refractivity contribution in [3.05, 3.63) is 63.6 Å². The van der Waals surface area contributed by atoms with Gasteiger partial charge in [0, 0.05) is 22.2 Å². The molecule has 0 aliphatic rings. The van der Waals surface area contributed by atoms with E-state index in [1.54, 1.807) is 24.3 Å². The minimum Gasteiger partial charge on any atom is -0.508 e. The molecule has 11 heteroatoms. The van der Waals surface area contributed by atoms with Gasteiger partial charge in [0.2, 0.25) is 11.0 Å². The van der Waals surface area contributed by atoms with E-state index in [-0.39, 0.29) is 29.0 Å². The smallest absolute Gasteiger partial charge is 0.257 e. The molecule has 1 aromatic heterocycles. The molecule has 0 fully saturated rings. The maximum Gasteiger partial charge on any atom is 0.257 e. The number of carbonyl (C=O) groups is 2. The number of hydrogen-bond donors (Lipinski definition) is 4. The summed E-state index contributed by atoms with van der Waals surface area (Å²) >= 11 is 6.85. The predicted octanol–water partition coefficient (Wildman–Crippen LogP) is 2.55. The summed E-state index contributed by atoms with van der Waals surface area (Å²) in [7, 11) is 0. The number of hydrazone groups is 1. The molecule has 3 aromatic rings. The van der Waals surface area contributed by atoms with Gasteiger partial charge in [-0.05, 0) is 36.4 Å². The minimum atomic E-state index is -0.453. The van der Waals surface area contributed by atoms with Crippen LogP contribution in [0.15, 0.2) is 47.6 Å². The second-order valence-electron chi connectivity index (χ2n) is 5.68. The molecule has 2 amide bonds. The number of phenolic OH excluding ortho intramolecular Hbond substituents is 2. The monoisotopic (exact) mass is 431 g/mol. The highest BCUT2D eigenvalue weighted by Gasteiger charge is 2.12. The second kappa shape index (κ2) is 9.13. The van der Waals surface area contributed by atoms with Crippen LogP contribution in [0.25, 0.3) is 0 Å². The Hall–Kier alpha value is -3.50. The van der Waals surface area contributed by atoms with E-state index in [0.29, 0.717) is 21.2 Å². The molecule has 0 aliphatic carbocycles. The molecule has 0 spiro atoms. The van der Waals surface area contributed by atoms with E-state index in [1.165, 1.54) is 18.3 Å². The van der Waals surface area contributed by atoms with Crippen molar-refractivity contribution in [3.63, 3.8) is 0 Å². The number of carbonyl (C=O) groups excluding carboxylic acids is 2. The van der Waals surface area contributed by atoms with Crippen LogP contribution in [0.3, 0.4) is 0 Å². The molecule has 9 nitrogen and oxygen atoms in total. The molecule has 148 valence electrons. The number of nitrogens with zero attached hydrogens (tertiary/aromatic N) is 3. The number of anilines is 1. The topological polar surface area (TPSA) is 137 Å². The first-order chi connectivity index (χ1) is 13.9. The Morgan fingerprint density at radius 2 is 1.90 bits per heavy atom. The molecule has 0 atom stereocenters. The van der Waals surface area contributed by atoms with Gasteiger partial charge in [0.1, 0.15) is 16.5 Å². The molecule has 0 bridgehead atoms. The highest BCUT2D eigenvalue weighted by molar-refractivity contribution is 7.15. The van der Waals surface area contributed by atoms with Gasteiger partial charge in [0.25, 0.3) is 5.91 Å². The Morgan fingerprint density at radius 3 is 2.62 bits per heavy atom. The first kappa shape index (κ1) is 20.2. The average Bonchev–Trinajstić information content (AvgIpc) is 3.10. The summed E-state index contributed by atoms with van der Waals surface area (Å²) in [6.45, 7) is 0. The quantitative estimate of drug-likeness (QED) is 0.349. The zero-order valence-corrected chi connectivity index (χ0v) is 16.2. The van der Waals surface area contributed by atoms with Crippen LogP contribution in [-0.4, -0.2) is 38.4 Å². The molecular weight excluding hydrogens is 418 g/mol. The normalized spacial score (nSPS) is 10.8. The largest absolute Gasteiger partial charge is 0.508 e. The third-order valence-corrected chi connectivity index (χ3v) is 4.60. The SMILES string of the molecule is O=C(Cc1nnc(NC(=O)c2ccc(Cl)cc2)s1)N/N=C\c1ccc(O)cc1O. The number of aromatic nitrogens is 2. The summed E-state index contributed by atoms with van der Waals surface area (Å²) in [4.78, 5) is 24.1. The molecule has 0 radical (unpaired) electrons. The van der Waals surface area contributed by atoms with Crippen LogP contribution in [0.2, 0.25) is 5.02 Å². The lowest BCUT2D eigenvalue weighted by atomic mass is 10.2. The highest BCUT2D eigenvalue weighted by Crippen LogP contribution is 2.21. The number of phenols is 2. The first-order valence-corrected chi connectivity index (χ1v) is 9.33. The minimum absolute atomic E-state index is 0.0843. The molecule has 3 rings (SSSR count). The Labute approximate surface area is 173 Å². The van der Waals surface area contributed by atoms with Gasteiger partial charge in [0.05, 0.1) is 12.6 Å². The zero-order valence-electron chi connectivity index (χ0n) is 14.7. The maximum atomic E-state index is 12.1. The third-order valence-electron chi connectivity index (χ3n) is 3.51. The first-order valence-electron chi connectivity index (χ1n) is 8.14. The van der Waals surface area contributed by atoms with Crippen LogP contribution in [-0.2, 0) is 11.2 Å². The van der Waals surface area contributed by atoms with E-state index in [9.17, 15) is 19.8 Å². The summed E-state index contributed by atoms with van der Waals surface area (Å²) < 4.78 is 0. The van der Waals surface area contributed by atoms with E-state index < -0.39 is 5.91 Å². The zero-order chi connectivity index (χ0) is 20.8. The van der Waals surface area contributed by atoms with Crippen LogP contribution in [0.1, 0.15) is 20.9 Å². The molecule has 1 heterocycles. The van der Waals surface area contributed by atoms with Crippen molar-refractivity contribution in [2.75, 3.05) is 5.32 Å². The number of halogens is 1. The summed E-state index contributed by atoms with van der Waals surface area (Å²) in [6.07, 6.45) is 1.15. The molecule has 0 saturated heterocycles. The number of rotatable bonds is 6. The van der Waals surface area contributed by atoms with E-state index >= 15 is 0 Å². The van der Waals surface area contributed by atoms with Gasteiger partial charge in [-0.15, -0.1) is 10.2 Å². The van der Waals surface area contributed by atoms with Crippen molar-refractivity contribution in [1.29, 1.82) is 0 Å². The van der Waals surface area contributed by atoms with Crippen molar-refractivity contribution in [2.45, 2.75) is 6.42 Å².